The van der Waals surface area contributed by atoms with Crippen LogP contribution in [0.25, 0.3) is 16.8 Å². The molecule has 0 atom stereocenters. The Morgan fingerprint density at radius 3 is 2.43 bits per heavy atom. The lowest BCUT2D eigenvalue weighted by Crippen LogP contribution is -2.16. The number of nitrogens with two attached hydrogens (primary N) is 1. The highest BCUT2D eigenvalue weighted by Gasteiger charge is 2.29. The molecule has 0 saturated heterocycles. The molecular formula is C26H22FN3O5. The molecule has 0 amide bonds. The van der Waals surface area contributed by atoms with Crippen molar-refractivity contribution in [1.29, 1.82) is 0 Å². The van der Waals surface area contributed by atoms with Crippen molar-refractivity contribution in [1.82, 2.24) is 9.61 Å². The molecule has 0 aliphatic rings. The maximum Gasteiger partial charge on any atom is 0.341 e. The third-order valence-electron chi connectivity index (χ3n) is 5.65. The molecule has 178 valence electrons. The molecule has 0 radical (unpaired) electrons. The Kier molecular flexibility index (Phi) is 6.59. The molecule has 0 bridgehead atoms. The topological polar surface area (TPSA) is 124 Å². The molecule has 0 aliphatic heterocycles. The predicted molar refractivity (Wildman–Crippen MR) is 127 cm³/mol. The first kappa shape index (κ1) is 23.6. The Morgan fingerprint density at radius 1 is 1.14 bits per heavy atom. The van der Waals surface area contributed by atoms with E-state index in [2.05, 4.69) is 5.10 Å². The lowest BCUT2D eigenvalue weighted by molar-refractivity contribution is -0.139. The number of carbonyl (C=O) groups excluding carboxylic acids is 2. The summed E-state index contributed by atoms with van der Waals surface area (Å²) in [6.07, 6.45) is 1.06. The zero-order chi connectivity index (χ0) is 25.1. The van der Waals surface area contributed by atoms with E-state index in [1.165, 1.54) is 28.8 Å². The van der Waals surface area contributed by atoms with E-state index in [0.717, 1.165) is 16.8 Å². The fourth-order valence-electron chi connectivity index (χ4n) is 4.12. The number of aldehydes is 1. The van der Waals surface area contributed by atoms with Crippen LogP contribution in [0.15, 0.2) is 54.6 Å². The van der Waals surface area contributed by atoms with Gasteiger partial charge in [-0.15, -0.1) is 0 Å². The molecule has 9 heteroatoms. The standard InChI is InChI=1S/C26H22FN3O5/c1-2-18-19(12-15-6-4-3-5-7-15)30-25(23(18)28)26(35-14-21(33)34)22(20(32)13-31)24(29-30)16-8-10-17(27)11-9-16/h3-11,13H,2,12,14,28H2,1H3,(H,33,34). The lowest BCUT2D eigenvalue weighted by atomic mass is 10.0. The summed E-state index contributed by atoms with van der Waals surface area (Å²) in [4.78, 5) is 35.7. The van der Waals surface area contributed by atoms with Gasteiger partial charge in [-0.3, -0.25) is 9.59 Å². The van der Waals surface area contributed by atoms with Gasteiger partial charge in [-0.05, 0) is 41.8 Å². The smallest absolute Gasteiger partial charge is 0.341 e. The van der Waals surface area contributed by atoms with Crippen molar-refractivity contribution in [3.63, 3.8) is 0 Å². The molecule has 0 saturated carbocycles. The van der Waals surface area contributed by atoms with E-state index in [9.17, 15) is 23.9 Å². The van der Waals surface area contributed by atoms with Crippen LogP contribution in [-0.2, 0) is 22.4 Å². The number of aliphatic carboxylic acids is 1. The van der Waals surface area contributed by atoms with Crippen LogP contribution in [-0.4, -0.2) is 39.4 Å². The van der Waals surface area contributed by atoms with Crippen molar-refractivity contribution < 1.29 is 28.6 Å². The number of aromatic nitrogens is 2. The predicted octanol–water partition coefficient (Wildman–Crippen LogP) is 3.72. The van der Waals surface area contributed by atoms with Gasteiger partial charge in [0.15, 0.2) is 18.6 Å². The summed E-state index contributed by atoms with van der Waals surface area (Å²) in [6.45, 7) is 1.14. The first-order chi connectivity index (χ1) is 16.8. The number of hydrogen-bond donors (Lipinski definition) is 2. The number of hydrogen-bond acceptors (Lipinski definition) is 6. The summed E-state index contributed by atoms with van der Waals surface area (Å²) >= 11 is 0. The molecule has 0 fully saturated rings. The number of ether oxygens (including phenoxy) is 1. The van der Waals surface area contributed by atoms with Crippen LogP contribution in [0.4, 0.5) is 10.1 Å². The number of carbonyl (C=O) groups is 3. The Morgan fingerprint density at radius 2 is 1.83 bits per heavy atom. The molecule has 8 nitrogen and oxygen atoms in total. The monoisotopic (exact) mass is 475 g/mol. The van der Waals surface area contributed by atoms with Crippen LogP contribution in [0, 0.1) is 5.82 Å². The van der Waals surface area contributed by atoms with Crippen LogP contribution < -0.4 is 10.5 Å². The largest absolute Gasteiger partial charge is 0.479 e. The van der Waals surface area contributed by atoms with E-state index in [4.69, 9.17) is 10.5 Å². The van der Waals surface area contributed by atoms with Crippen LogP contribution in [0.1, 0.15) is 34.1 Å². The number of Topliss-reactive ketones (excluding diaryl/α,β-unsaturated/α-hetero) is 1. The number of halogens is 1. The third-order valence-corrected chi connectivity index (χ3v) is 5.65. The second-order valence-corrected chi connectivity index (χ2v) is 7.84. The number of nitrogen functional groups attached to an aromatic ring is 1. The zero-order valence-electron chi connectivity index (χ0n) is 18.8. The first-order valence-electron chi connectivity index (χ1n) is 10.9. The third kappa shape index (κ3) is 4.48. The van der Waals surface area contributed by atoms with Crippen LogP contribution in [0.2, 0.25) is 0 Å². The first-order valence-corrected chi connectivity index (χ1v) is 10.9. The highest BCUT2D eigenvalue weighted by atomic mass is 19.1. The highest BCUT2D eigenvalue weighted by Crippen LogP contribution is 2.40. The number of carboxylic acid groups (broad SMARTS) is 1. The summed E-state index contributed by atoms with van der Waals surface area (Å²) in [5, 5.41) is 13.9. The van der Waals surface area contributed by atoms with Crippen molar-refractivity contribution in [3.05, 3.63) is 82.8 Å². The Balaban J connectivity index is 2.11. The second-order valence-electron chi connectivity index (χ2n) is 7.84. The van der Waals surface area contributed by atoms with Crippen molar-refractivity contribution in [2.45, 2.75) is 19.8 Å². The van der Waals surface area contributed by atoms with Crippen molar-refractivity contribution in [2.75, 3.05) is 12.3 Å². The van der Waals surface area contributed by atoms with E-state index in [1.54, 1.807) is 0 Å². The van der Waals surface area contributed by atoms with Gasteiger partial charge < -0.3 is 15.6 Å². The number of nitrogens with zero attached hydrogens (tertiary/aromatic N) is 2. The second kappa shape index (κ2) is 9.76. The number of fused-ring (bicyclic) bond motifs is 1. The maximum atomic E-state index is 13.6. The maximum absolute atomic E-state index is 13.6. The van der Waals surface area contributed by atoms with Gasteiger partial charge in [0.1, 0.15) is 17.0 Å². The Hall–Kier alpha value is -4.53. The van der Waals surface area contributed by atoms with E-state index < -0.39 is 24.2 Å². The minimum atomic E-state index is -1.28. The van der Waals surface area contributed by atoms with E-state index >= 15 is 0 Å². The number of anilines is 1. The zero-order valence-corrected chi connectivity index (χ0v) is 18.8. The number of carboxylic acids is 1. The number of rotatable bonds is 9. The molecule has 4 aromatic rings. The highest BCUT2D eigenvalue weighted by molar-refractivity contribution is 6.36. The Labute approximate surface area is 199 Å². The van der Waals surface area contributed by atoms with Gasteiger partial charge in [0.2, 0.25) is 5.78 Å². The normalized spacial score (nSPS) is 10.9. The summed E-state index contributed by atoms with van der Waals surface area (Å²) < 4.78 is 20.7. The fraction of sp³-hybridized carbons (Fsp3) is 0.154. The van der Waals surface area contributed by atoms with Crippen LogP contribution in [0.3, 0.4) is 0 Å². The summed E-state index contributed by atoms with van der Waals surface area (Å²) in [5.74, 6) is -2.91. The molecule has 4 rings (SSSR count). The molecule has 3 N–H and O–H groups in total. The number of benzene rings is 2. The van der Waals surface area contributed by atoms with Gasteiger partial charge >= 0.3 is 5.97 Å². The van der Waals surface area contributed by atoms with Gasteiger partial charge in [0, 0.05) is 12.0 Å². The fourth-order valence-corrected chi connectivity index (χ4v) is 4.12. The average molecular weight is 475 g/mol. The van der Waals surface area contributed by atoms with Crippen LogP contribution in [0.5, 0.6) is 5.75 Å². The van der Waals surface area contributed by atoms with Gasteiger partial charge in [0.05, 0.1) is 16.9 Å². The lowest BCUT2D eigenvalue weighted by Gasteiger charge is -2.16. The molecule has 0 aliphatic carbocycles. The van der Waals surface area contributed by atoms with Gasteiger partial charge in [0.25, 0.3) is 0 Å². The molecular weight excluding hydrogens is 453 g/mol. The number of ketones is 1. The van der Waals surface area contributed by atoms with Crippen molar-refractivity contribution >= 4 is 29.2 Å². The summed E-state index contributed by atoms with van der Waals surface area (Å²) in [5.41, 5.74) is 9.57. The minimum Gasteiger partial charge on any atom is -0.479 e. The molecule has 0 unspecified atom stereocenters. The molecule has 35 heavy (non-hydrogen) atoms. The van der Waals surface area contributed by atoms with Gasteiger partial charge in [-0.1, -0.05) is 37.3 Å². The van der Waals surface area contributed by atoms with Crippen molar-refractivity contribution in [3.8, 4) is 17.0 Å². The molecule has 2 aromatic heterocycles. The SMILES string of the molecule is CCc1c(N)c2c(OCC(=O)O)c(C(=O)C=O)c(-c3ccc(F)cc3)nn2c1Cc1ccccc1. The molecule has 2 heterocycles. The van der Waals surface area contributed by atoms with E-state index in [1.807, 2.05) is 37.3 Å². The van der Waals surface area contributed by atoms with Gasteiger partial charge in [-0.2, -0.15) is 5.10 Å². The van der Waals surface area contributed by atoms with E-state index in [-0.39, 0.29) is 34.5 Å². The van der Waals surface area contributed by atoms with Crippen LogP contribution >= 0.6 is 0 Å². The Bertz CT molecular complexity index is 1430. The minimum absolute atomic E-state index is 0.0435. The summed E-state index contributed by atoms with van der Waals surface area (Å²) in [6, 6.07) is 14.8. The quantitative estimate of drug-likeness (QED) is 0.215. The molecule has 0 spiro atoms. The van der Waals surface area contributed by atoms with E-state index in [0.29, 0.717) is 18.4 Å². The molecule has 2 aromatic carbocycles. The van der Waals surface area contributed by atoms with Crippen molar-refractivity contribution in [2.24, 2.45) is 0 Å². The van der Waals surface area contributed by atoms with Gasteiger partial charge in [-0.25, -0.2) is 13.7 Å². The summed E-state index contributed by atoms with van der Waals surface area (Å²) in [7, 11) is 0. The average Bonchev–Trinajstić information content (AvgIpc) is 3.12.